The van der Waals surface area contributed by atoms with E-state index in [1.165, 1.54) is 5.56 Å². The van der Waals surface area contributed by atoms with Crippen LogP contribution in [0.5, 0.6) is 0 Å². The first-order chi connectivity index (χ1) is 12.4. The Labute approximate surface area is 154 Å². The largest absolute Gasteiger partial charge is 0.457 e. The van der Waals surface area contributed by atoms with Gasteiger partial charge in [-0.3, -0.25) is 9.59 Å². The summed E-state index contributed by atoms with van der Waals surface area (Å²) in [4.78, 5) is 26.3. The van der Waals surface area contributed by atoms with Crippen molar-refractivity contribution in [3.05, 3.63) is 77.5 Å². The maximum Gasteiger partial charge on any atom is 0.310 e. The van der Waals surface area contributed by atoms with Crippen molar-refractivity contribution in [2.45, 2.75) is 25.7 Å². The molecule has 2 aromatic carbocycles. The van der Waals surface area contributed by atoms with Crippen LogP contribution in [0.2, 0.25) is 0 Å². The Kier molecular flexibility index (Phi) is 4.94. The van der Waals surface area contributed by atoms with E-state index in [4.69, 9.17) is 4.74 Å². The Hall–Kier alpha value is -2.88. The monoisotopic (exact) mass is 349 g/mol. The summed E-state index contributed by atoms with van der Waals surface area (Å²) >= 11 is 0. The molecule has 0 fully saturated rings. The number of para-hydroxylation sites is 1. The van der Waals surface area contributed by atoms with Crippen LogP contribution in [0.15, 0.2) is 66.4 Å². The van der Waals surface area contributed by atoms with Crippen LogP contribution in [-0.4, -0.2) is 25.4 Å². The van der Waals surface area contributed by atoms with Gasteiger partial charge in [-0.1, -0.05) is 62.4 Å². The highest BCUT2D eigenvalue weighted by atomic mass is 16.5. The van der Waals surface area contributed by atoms with Crippen molar-refractivity contribution in [1.29, 1.82) is 0 Å². The lowest BCUT2D eigenvalue weighted by atomic mass is 9.83. The smallest absolute Gasteiger partial charge is 0.310 e. The third kappa shape index (κ3) is 3.54. The molecule has 0 saturated carbocycles. The number of allylic oxidation sites excluding steroid dienone is 1. The molecule has 1 heterocycles. The van der Waals surface area contributed by atoms with E-state index in [2.05, 4.69) is 19.9 Å². The molecule has 4 heteroatoms. The molecule has 0 bridgehead atoms. The summed E-state index contributed by atoms with van der Waals surface area (Å²) in [6, 6.07) is 17.5. The van der Waals surface area contributed by atoms with Crippen molar-refractivity contribution < 1.29 is 14.3 Å². The van der Waals surface area contributed by atoms with E-state index in [0.29, 0.717) is 0 Å². The molecule has 0 radical (unpaired) electrons. The first-order valence-electron chi connectivity index (χ1n) is 8.67. The minimum absolute atomic E-state index is 0.168. The van der Waals surface area contributed by atoms with Gasteiger partial charge >= 0.3 is 5.97 Å². The number of hydrogen-bond acceptors (Lipinski definition) is 4. The van der Waals surface area contributed by atoms with E-state index >= 15 is 0 Å². The second kappa shape index (κ2) is 7.16. The normalized spacial score (nSPS) is 16.4. The second-order valence-corrected chi connectivity index (χ2v) is 7.02. The van der Waals surface area contributed by atoms with E-state index < -0.39 is 5.97 Å². The van der Waals surface area contributed by atoms with E-state index in [-0.39, 0.29) is 24.2 Å². The van der Waals surface area contributed by atoms with Gasteiger partial charge in [0.05, 0.1) is 6.42 Å². The zero-order chi connectivity index (χ0) is 18.7. The predicted octanol–water partition coefficient (Wildman–Crippen LogP) is 3.65. The van der Waals surface area contributed by atoms with Gasteiger partial charge in [-0.25, -0.2) is 0 Å². The number of carbonyl (C=O) groups is 2. The first kappa shape index (κ1) is 17.9. The third-order valence-electron chi connectivity index (χ3n) is 4.80. The van der Waals surface area contributed by atoms with Crippen LogP contribution in [-0.2, 0) is 26.2 Å². The Morgan fingerprint density at radius 1 is 1.04 bits per heavy atom. The summed E-state index contributed by atoms with van der Waals surface area (Å²) in [7, 11) is 1.95. The molecule has 0 amide bonds. The number of likely N-dealkylation sites (N-methyl/N-ethyl adjacent to an activating group) is 1. The molecule has 134 valence electrons. The fourth-order valence-corrected chi connectivity index (χ4v) is 3.42. The third-order valence-corrected chi connectivity index (χ3v) is 4.80. The van der Waals surface area contributed by atoms with E-state index in [9.17, 15) is 9.59 Å². The lowest BCUT2D eigenvalue weighted by Crippen LogP contribution is -2.25. The molecule has 0 atom stereocenters. The van der Waals surface area contributed by atoms with Gasteiger partial charge in [-0.15, -0.1) is 0 Å². The molecule has 1 aliphatic heterocycles. The molecule has 0 N–H and O–H groups in total. The lowest BCUT2D eigenvalue weighted by molar-refractivity contribution is -0.146. The van der Waals surface area contributed by atoms with Gasteiger partial charge in [0.2, 0.25) is 0 Å². The van der Waals surface area contributed by atoms with Crippen molar-refractivity contribution in [3.63, 3.8) is 0 Å². The Morgan fingerprint density at radius 2 is 1.69 bits per heavy atom. The topological polar surface area (TPSA) is 46.6 Å². The van der Waals surface area contributed by atoms with Gasteiger partial charge in [-0.2, -0.15) is 0 Å². The number of benzene rings is 2. The zero-order valence-electron chi connectivity index (χ0n) is 15.4. The number of ether oxygens (including phenoxy) is 1. The average Bonchev–Trinajstić information content (AvgIpc) is 2.82. The van der Waals surface area contributed by atoms with Crippen molar-refractivity contribution in [2.75, 3.05) is 18.6 Å². The van der Waals surface area contributed by atoms with Crippen LogP contribution in [0.4, 0.5) is 5.69 Å². The van der Waals surface area contributed by atoms with E-state index in [1.54, 1.807) is 6.08 Å². The van der Waals surface area contributed by atoms with Crippen LogP contribution in [0, 0.1) is 0 Å². The van der Waals surface area contributed by atoms with Crippen molar-refractivity contribution in [3.8, 4) is 0 Å². The quantitative estimate of drug-likeness (QED) is 0.611. The molecule has 1 aliphatic rings. The lowest BCUT2D eigenvalue weighted by Gasteiger charge is -2.23. The second-order valence-electron chi connectivity index (χ2n) is 7.02. The molecule has 26 heavy (non-hydrogen) atoms. The van der Waals surface area contributed by atoms with Crippen molar-refractivity contribution in [1.82, 2.24) is 0 Å². The first-order valence-corrected chi connectivity index (χ1v) is 8.67. The standard InChI is InChI=1S/C22H23NO3/c1-22(2)18-11-7-8-12-19(18)23(3)20(22)14-17(24)15-26-21(25)13-16-9-5-4-6-10-16/h4-12,14H,13,15H2,1-3H3/b20-14-. The van der Waals surface area contributed by atoms with Crippen molar-refractivity contribution in [2.24, 2.45) is 0 Å². The maximum atomic E-state index is 12.4. The zero-order valence-corrected chi connectivity index (χ0v) is 15.4. The summed E-state index contributed by atoms with van der Waals surface area (Å²) in [5.41, 5.74) is 3.79. The predicted molar refractivity (Wildman–Crippen MR) is 102 cm³/mol. The molecular formula is C22H23NO3. The maximum absolute atomic E-state index is 12.4. The molecule has 4 nitrogen and oxygen atoms in total. The molecule has 0 aromatic heterocycles. The SMILES string of the molecule is CN1/C(=C\C(=O)COC(=O)Cc2ccccc2)C(C)(C)c2ccccc21. The number of esters is 1. The molecular weight excluding hydrogens is 326 g/mol. The van der Waals surface area contributed by atoms with Crippen LogP contribution in [0.1, 0.15) is 25.0 Å². The molecule has 0 aliphatic carbocycles. The summed E-state index contributed by atoms with van der Waals surface area (Å²) < 4.78 is 5.15. The Balaban J connectivity index is 1.65. The summed E-state index contributed by atoms with van der Waals surface area (Å²) in [6.45, 7) is 3.95. The highest BCUT2D eigenvalue weighted by Crippen LogP contribution is 2.46. The summed E-state index contributed by atoms with van der Waals surface area (Å²) in [6.07, 6.45) is 1.76. The highest BCUT2D eigenvalue weighted by molar-refractivity contribution is 5.94. The molecule has 3 rings (SSSR count). The van der Waals surface area contributed by atoms with Gasteiger partial charge in [0.25, 0.3) is 0 Å². The van der Waals surface area contributed by atoms with E-state index in [1.807, 2.05) is 60.5 Å². The summed E-state index contributed by atoms with van der Waals surface area (Å²) in [5, 5.41) is 0. The number of hydrogen-bond donors (Lipinski definition) is 0. The van der Waals surface area contributed by atoms with Crippen LogP contribution < -0.4 is 4.90 Å². The van der Waals surface area contributed by atoms with Crippen LogP contribution >= 0.6 is 0 Å². The minimum Gasteiger partial charge on any atom is -0.457 e. The van der Waals surface area contributed by atoms with Crippen LogP contribution in [0.25, 0.3) is 0 Å². The molecule has 0 unspecified atom stereocenters. The number of nitrogens with zero attached hydrogens (tertiary/aromatic N) is 1. The van der Waals surface area contributed by atoms with Gasteiger partial charge in [0.1, 0.15) is 0 Å². The average molecular weight is 349 g/mol. The van der Waals surface area contributed by atoms with Gasteiger partial charge in [-0.05, 0) is 17.2 Å². The van der Waals surface area contributed by atoms with Gasteiger partial charge < -0.3 is 9.64 Å². The van der Waals surface area contributed by atoms with Crippen molar-refractivity contribution >= 4 is 17.4 Å². The minimum atomic E-state index is -0.398. The molecule has 0 saturated heterocycles. The fourth-order valence-electron chi connectivity index (χ4n) is 3.42. The number of anilines is 1. The Morgan fingerprint density at radius 3 is 2.38 bits per heavy atom. The Bertz CT molecular complexity index is 853. The molecule has 2 aromatic rings. The number of carbonyl (C=O) groups excluding carboxylic acids is 2. The number of ketones is 1. The number of rotatable bonds is 5. The summed E-state index contributed by atoms with van der Waals surface area (Å²) in [5.74, 6) is -0.612. The van der Waals surface area contributed by atoms with Gasteiger partial charge in [0.15, 0.2) is 12.4 Å². The van der Waals surface area contributed by atoms with E-state index in [0.717, 1.165) is 16.9 Å². The van der Waals surface area contributed by atoms with Gasteiger partial charge in [0, 0.05) is 29.9 Å². The highest BCUT2D eigenvalue weighted by Gasteiger charge is 2.38. The fraction of sp³-hybridized carbons (Fsp3) is 0.273. The molecule has 0 spiro atoms. The van der Waals surface area contributed by atoms with Crippen LogP contribution in [0.3, 0.4) is 0 Å². The number of fused-ring (bicyclic) bond motifs is 1.